The van der Waals surface area contributed by atoms with Crippen LogP contribution >= 0.6 is 22.6 Å². The number of esters is 1. The second-order valence-corrected chi connectivity index (χ2v) is 9.89. The molecule has 2 aromatic rings. The zero-order chi connectivity index (χ0) is 24.0. The van der Waals surface area contributed by atoms with Gasteiger partial charge in [-0.15, -0.1) is 0 Å². The van der Waals surface area contributed by atoms with E-state index >= 15 is 0 Å². The van der Waals surface area contributed by atoms with Crippen LogP contribution < -0.4 is 11.1 Å². The first-order valence-corrected chi connectivity index (χ1v) is 11.6. The van der Waals surface area contributed by atoms with Crippen molar-refractivity contribution in [2.24, 2.45) is 5.73 Å². The van der Waals surface area contributed by atoms with Gasteiger partial charge in [0, 0.05) is 10.5 Å². The van der Waals surface area contributed by atoms with Gasteiger partial charge in [-0.3, -0.25) is 9.59 Å². The van der Waals surface area contributed by atoms with Gasteiger partial charge in [-0.1, -0.05) is 12.8 Å². The highest BCUT2D eigenvalue weighted by atomic mass is 127. The fourth-order valence-electron chi connectivity index (χ4n) is 4.68. The van der Waals surface area contributed by atoms with E-state index in [0.29, 0.717) is 16.4 Å². The minimum atomic E-state index is -1.29. The zero-order valence-corrected chi connectivity index (χ0v) is 20.0. The van der Waals surface area contributed by atoms with Crippen LogP contribution in [-0.2, 0) is 9.53 Å². The average molecular weight is 573 g/mol. The second-order valence-electron chi connectivity index (χ2n) is 8.65. The molecule has 0 radical (unpaired) electrons. The number of benzene rings is 2. The molecule has 2 aromatic carbocycles. The molecule has 1 amide bonds. The van der Waals surface area contributed by atoms with Crippen LogP contribution in [0.25, 0.3) is 0 Å². The maximum absolute atomic E-state index is 14.7. The Hall–Kier alpha value is -2.34. The molecule has 1 aliphatic carbocycles. The van der Waals surface area contributed by atoms with E-state index in [-0.39, 0.29) is 24.3 Å². The molecule has 0 bridgehead atoms. The van der Waals surface area contributed by atoms with E-state index in [1.165, 1.54) is 24.0 Å². The SMILES string of the molecule is CC(=O)OC1(C2(N)CCCC2)CN(C(=O)c2ccc(F)c(F)c2Nc2ccc(I)cc2F)C1. The molecule has 2 fully saturated rings. The van der Waals surface area contributed by atoms with Crippen LogP contribution in [0.2, 0.25) is 0 Å². The van der Waals surface area contributed by atoms with Crippen LogP contribution in [0.1, 0.15) is 43.0 Å². The molecule has 6 nitrogen and oxygen atoms in total. The number of likely N-dealkylation sites (tertiary alicyclic amines) is 1. The molecule has 176 valence electrons. The summed E-state index contributed by atoms with van der Waals surface area (Å²) in [6.45, 7) is 1.37. The first-order valence-electron chi connectivity index (χ1n) is 10.5. The third kappa shape index (κ3) is 4.30. The van der Waals surface area contributed by atoms with Crippen LogP contribution in [0.15, 0.2) is 30.3 Å². The summed E-state index contributed by atoms with van der Waals surface area (Å²) in [6, 6.07) is 6.19. The number of amides is 1. The first-order chi connectivity index (χ1) is 15.5. The number of nitrogens with zero attached hydrogens (tertiary/aromatic N) is 1. The Bertz CT molecular complexity index is 1120. The molecular weight excluding hydrogens is 550 g/mol. The van der Waals surface area contributed by atoms with E-state index < -0.39 is 46.2 Å². The van der Waals surface area contributed by atoms with Crippen molar-refractivity contribution in [2.75, 3.05) is 18.4 Å². The summed E-state index contributed by atoms with van der Waals surface area (Å²) >= 11 is 1.92. The lowest BCUT2D eigenvalue weighted by atomic mass is 9.73. The fraction of sp³-hybridized carbons (Fsp3) is 0.391. The molecule has 1 aliphatic heterocycles. The Morgan fingerprint density at radius 2 is 1.76 bits per heavy atom. The van der Waals surface area contributed by atoms with E-state index in [1.54, 1.807) is 6.07 Å². The number of carbonyl (C=O) groups excluding carboxylic acids is 2. The standard InChI is InChI=1S/C23H23F3IN3O3/c1-13(31)33-23(22(28)8-2-3-9-22)11-30(12-23)21(32)15-5-6-16(24)19(26)20(15)29-18-7-4-14(27)10-17(18)25/h4-7,10,29H,2-3,8-9,11-12,28H2,1H3. The van der Waals surface area contributed by atoms with Crippen LogP contribution in [0.5, 0.6) is 0 Å². The van der Waals surface area contributed by atoms with Crippen molar-refractivity contribution in [3.63, 3.8) is 0 Å². The number of hydrogen-bond acceptors (Lipinski definition) is 5. The lowest BCUT2D eigenvalue weighted by Gasteiger charge is -2.56. The lowest BCUT2D eigenvalue weighted by Crippen LogP contribution is -2.77. The number of nitrogens with two attached hydrogens (primary N) is 1. The minimum Gasteiger partial charge on any atom is -0.453 e. The summed E-state index contributed by atoms with van der Waals surface area (Å²) in [5, 5.41) is 2.53. The van der Waals surface area contributed by atoms with Gasteiger partial charge in [-0.05, 0) is 65.8 Å². The molecule has 0 aromatic heterocycles. The molecule has 0 unspecified atom stereocenters. The Labute approximate surface area is 202 Å². The summed E-state index contributed by atoms with van der Waals surface area (Å²) in [5.74, 6) is -4.25. The molecular formula is C23H23F3IN3O3. The quantitative estimate of drug-likeness (QED) is 0.407. The zero-order valence-electron chi connectivity index (χ0n) is 17.9. The Balaban J connectivity index is 1.63. The average Bonchev–Trinajstić information content (AvgIpc) is 3.17. The summed E-state index contributed by atoms with van der Waals surface area (Å²) in [6.07, 6.45) is 3.11. The third-order valence-corrected chi connectivity index (χ3v) is 7.11. The number of rotatable bonds is 5. The number of hydrogen-bond donors (Lipinski definition) is 2. The molecule has 1 heterocycles. The van der Waals surface area contributed by atoms with Crippen LogP contribution in [-0.4, -0.2) is 41.0 Å². The van der Waals surface area contributed by atoms with Crippen molar-refractivity contribution in [3.05, 3.63) is 56.9 Å². The first kappa shape index (κ1) is 23.8. The van der Waals surface area contributed by atoms with Crippen molar-refractivity contribution in [3.8, 4) is 0 Å². The summed E-state index contributed by atoms with van der Waals surface area (Å²) < 4.78 is 49.3. The van der Waals surface area contributed by atoms with Gasteiger partial charge >= 0.3 is 5.97 Å². The van der Waals surface area contributed by atoms with Crippen molar-refractivity contribution < 1.29 is 27.5 Å². The highest BCUT2D eigenvalue weighted by Gasteiger charge is 2.61. The van der Waals surface area contributed by atoms with Crippen molar-refractivity contribution in [1.82, 2.24) is 4.90 Å². The van der Waals surface area contributed by atoms with Gasteiger partial charge in [-0.25, -0.2) is 13.2 Å². The lowest BCUT2D eigenvalue weighted by molar-refractivity contribution is -0.189. The Morgan fingerprint density at radius 1 is 1.09 bits per heavy atom. The van der Waals surface area contributed by atoms with Gasteiger partial charge in [0.2, 0.25) is 0 Å². The van der Waals surface area contributed by atoms with Crippen LogP contribution in [0, 0.1) is 21.0 Å². The number of anilines is 2. The van der Waals surface area contributed by atoms with Crippen molar-refractivity contribution in [2.45, 2.75) is 43.7 Å². The van der Waals surface area contributed by atoms with Crippen molar-refractivity contribution >= 4 is 45.8 Å². The maximum atomic E-state index is 14.7. The monoisotopic (exact) mass is 573 g/mol. The normalized spacial score (nSPS) is 18.5. The van der Waals surface area contributed by atoms with E-state index in [9.17, 15) is 22.8 Å². The molecule has 1 saturated heterocycles. The van der Waals surface area contributed by atoms with Gasteiger partial charge in [0.05, 0.1) is 35.6 Å². The number of nitrogens with one attached hydrogen (secondary N) is 1. The number of halogens is 4. The highest BCUT2D eigenvalue weighted by molar-refractivity contribution is 14.1. The predicted octanol–water partition coefficient (Wildman–Crippen LogP) is 4.48. The fourth-order valence-corrected chi connectivity index (χ4v) is 5.13. The van der Waals surface area contributed by atoms with E-state index in [4.69, 9.17) is 10.5 Å². The molecule has 4 rings (SSSR count). The highest BCUT2D eigenvalue weighted by Crippen LogP contribution is 2.45. The van der Waals surface area contributed by atoms with Crippen LogP contribution in [0.4, 0.5) is 24.5 Å². The van der Waals surface area contributed by atoms with E-state index in [2.05, 4.69) is 5.32 Å². The molecule has 0 spiro atoms. The Morgan fingerprint density at radius 3 is 2.36 bits per heavy atom. The van der Waals surface area contributed by atoms with Gasteiger partial charge < -0.3 is 20.7 Å². The number of ether oxygens (including phenoxy) is 1. The third-order valence-electron chi connectivity index (χ3n) is 6.44. The molecule has 0 atom stereocenters. The van der Waals surface area contributed by atoms with Gasteiger partial charge in [-0.2, -0.15) is 0 Å². The summed E-state index contributed by atoms with van der Waals surface area (Å²) in [7, 11) is 0. The van der Waals surface area contributed by atoms with Gasteiger partial charge in [0.1, 0.15) is 5.82 Å². The van der Waals surface area contributed by atoms with Gasteiger partial charge in [0.25, 0.3) is 5.91 Å². The molecule has 33 heavy (non-hydrogen) atoms. The Kier molecular flexibility index (Phi) is 6.34. The van der Waals surface area contributed by atoms with Gasteiger partial charge in [0.15, 0.2) is 17.2 Å². The predicted molar refractivity (Wildman–Crippen MR) is 125 cm³/mol. The van der Waals surface area contributed by atoms with E-state index in [1.807, 2.05) is 22.6 Å². The second kappa shape index (κ2) is 8.79. The van der Waals surface area contributed by atoms with E-state index in [0.717, 1.165) is 25.0 Å². The van der Waals surface area contributed by atoms with Crippen molar-refractivity contribution in [1.29, 1.82) is 0 Å². The molecule has 10 heteroatoms. The minimum absolute atomic E-state index is 0.0399. The maximum Gasteiger partial charge on any atom is 0.303 e. The van der Waals surface area contributed by atoms with Crippen LogP contribution in [0.3, 0.4) is 0 Å². The summed E-state index contributed by atoms with van der Waals surface area (Å²) in [4.78, 5) is 26.4. The summed E-state index contributed by atoms with van der Waals surface area (Å²) in [5.41, 5.74) is 4.06. The largest absolute Gasteiger partial charge is 0.453 e. The molecule has 1 saturated carbocycles. The smallest absolute Gasteiger partial charge is 0.303 e. The molecule has 3 N–H and O–H groups in total. The molecule has 2 aliphatic rings. The number of carbonyl (C=O) groups is 2. The topological polar surface area (TPSA) is 84.7 Å².